The minimum absolute atomic E-state index is 0.132. The molecule has 0 radical (unpaired) electrons. The molecule has 3 heterocycles. The molecule has 0 fully saturated rings. The Hall–Kier alpha value is -3.48. The lowest BCUT2D eigenvalue weighted by Gasteiger charge is -2.26. The van der Waals surface area contributed by atoms with Crippen molar-refractivity contribution in [3.05, 3.63) is 54.4 Å². The first-order valence-corrected chi connectivity index (χ1v) is 10.6. The highest BCUT2D eigenvalue weighted by Gasteiger charge is 2.36. The summed E-state index contributed by atoms with van der Waals surface area (Å²) in [6, 6.07) is 9.97. The lowest BCUT2D eigenvalue weighted by Crippen LogP contribution is -2.54. The maximum Gasteiger partial charge on any atom is 0.287 e. The van der Waals surface area contributed by atoms with Crippen LogP contribution < -0.4 is 18.8 Å². The van der Waals surface area contributed by atoms with Crippen LogP contribution in [0.4, 0.5) is 0 Å². The molecular weight excluding hydrogens is 404 g/mol. The van der Waals surface area contributed by atoms with Crippen molar-refractivity contribution in [1.29, 1.82) is 0 Å². The third-order valence-corrected chi connectivity index (χ3v) is 6.04. The molecule has 32 heavy (non-hydrogen) atoms. The van der Waals surface area contributed by atoms with Crippen molar-refractivity contribution in [3.63, 3.8) is 0 Å². The standard InChI is InChI=1S/C25H27N4O3/c1-24(2,3)22-17-10-20-21(32-14-31-20)11-19(17)29(13-28-22)25(4,5)23-16-8-7-15(30-6)9-18(16)26-12-27-23/h7-13H,14H2,1-6H3/q+1. The van der Waals surface area contributed by atoms with E-state index < -0.39 is 5.54 Å². The maximum atomic E-state index is 5.71. The van der Waals surface area contributed by atoms with E-state index in [2.05, 4.69) is 44.2 Å². The molecule has 0 saturated carbocycles. The Kier molecular flexibility index (Phi) is 4.48. The second-order valence-corrected chi connectivity index (χ2v) is 9.60. The molecule has 4 aromatic rings. The van der Waals surface area contributed by atoms with Crippen molar-refractivity contribution >= 4 is 21.8 Å². The molecular formula is C25H27N4O3+. The largest absolute Gasteiger partial charge is 0.497 e. The van der Waals surface area contributed by atoms with Gasteiger partial charge in [-0.25, -0.2) is 14.5 Å². The first-order chi connectivity index (χ1) is 15.2. The highest BCUT2D eigenvalue weighted by molar-refractivity contribution is 5.85. The molecule has 1 aliphatic rings. The van der Waals surface area contributed by atoms with Gasteiger partial charge in [-0.05, 0) is 32.0 Å². The summed E-state index contributed by atoms with van der Waals surface area (Å²) in [5.74, 6) is 2.26. The van der Waals surface area contributed by atoms with Gasteiger partial charge in [0.1, 0.15) is 23.1 Å². The summed E-state index contributed by atoms with van der Waals surface area (Å²) >= 11 is 0. The van der Waals surface area contributed by atoms with E-state index >= 15 is 0 Å². The fourth-order valence-corrected chi connectivity index (χ4v) is 4.38. The smallest absolute Gasteiger partial charge is 0.287 e. The van der Waals surface area contributed by atoms with Crippen molar-refractivity contribution in [2.75, 3.05) is 13.9 Å². The van der Waals surface area contributed by atoms with Gasteiger partial charge in [0.05, 0.1) is 23.7 Å². The first-order valence-electron chi connectivity index (χ1n) is 10.6. The van der Waals surface area contributed by atoms with Crippen LogP contribution in [0, 0.1) is 0 Å². The Bertz CT molecular complexity index is 1360. The predicted molar refractivity (Wildman–Crippen MR) is 121 cm³/mol. The number of fused-ring (bicyclic) bond motifs is 3. The van der Waals surface area contributed by atoms with Crippen LogP contribution in [0.5, 0.6) is 17.2 Å². The molecule has 0 spiro atoms. The van der Waals surface area contributed by atoms with Gasteiger partial charge in [-0.2, -0.15) is 0 Å². The molecule has 7 heteroatoms. The summed E-state index contributed by atoms with van der Waals surface area (Å²) in [5, 5.41) is 2.01. The van der Waals surface area contributed by atoms with Gasteiger partial charge in [0.15, 0.2) is 17.2 Å². The molecule has 0 amide bonds. The third-order valence-electron chi connectivity index (χ3n) is 6.04. The fourth-order valence-electron chi connectivity index (χ4n) is 4.38. The lowest BCUT2D eigenvalue weighted by molar-refractivity contribution is -0.726. The van der Waals surface area contributed by atoms with Gasteiger partial charge in [-0.3, -0.25) is 0 Å². The number of benzene rings is 2. The molecule has 5 rings (SSSR count). The number of methoxy groups -OCH3 is 1. The molecule has 7 nitrogen and oxygen atoms in total. The SMILES string of the molecule is COc1ccc2c(C(C)(C)[n+]3cnc(C(C)(C)C)c4cc5c(cc43)OCO5)ncnc2c1. The second-order valence-electron chi connectivity index (χ2n) is 9.60. The summed E-state index contributed by atoms with van der Waals surface area (Å²) < 4.78 is 18.9. The summed E-state index contributed by atoms with van der Waals surface area (Å²) in [6.07, 6.45) is 3.51. The van der Waals surface area contributed by atoms with Gasteiger partial charge < -0.3 is 14.2 Å². The number of rotatable bonds is 3. The molecule has 0 N–H and O–H groups in total. The van der Waals surface area contributed by atoms with Crippen LogP contribution in [0.25, 0.3) is 21.8 Å². The Balaban J connectivity index is 1.79. The number of hydrogen-bond acceptors (Lipinski definition) is 6. The lowest BCUT2D eigenvalue weighted by atomic mass is 9.88. The van der Waals surface area contributed by atoms with Crippen molar-refractivity contribution < 1.29 is 18.8 Å². The van der Waals surface area contributed by atoms with Gasteiger partial charge in [0, 0.05) is 22.9 Å². The monoisotopic (exact) mass is 431 g/mol. The zero-order valence-electron chi connectivity index (χ0n) is 19.3. The van der Waals surface area contributed by atoms with Crippen LogP contribution >= 0.6 is 0 Å². The molecule has 1 aliphatic heterocycles. The molecule has 0 bridgehead atoms. The van der Waals surface area contributed by atoms with E-state index in [0.29, 0.717) is 0 Å². The number of aromatic nitrogens is 4. The van der Waals surface area contributed by atoms with Gasteiger partial charge in [-0.1, -0.05) is 25.8 Å². The third kappa shape index (κ3) is 3.11. The van der Waals surface area contributed by atoms with Crippen LogP contribution in [0.15, 0.2) is 43.0 Å². The van der Waals surface area contributed by atoms with Crippen LogP contribution in [0.1, 0.15) is 46.0 Å². The second kappa shape index (κ2) is 7.02. The van der Waals surface area contributed by atoms with E-state index in [9.17, 15) is 0 Å². The minimum atomic E-state index is -0.523. The first kappa shape index (κ1) is 20.4. The maximum absolute atomic E-state index is 5.71. The Morgan fingerprint density at radius 3 is 2.34 bits per heavy atom. The summed E-state index contributed by atoms with van der Waals surface area (Å²) in [5.41, 5.74) is 3.11. The van der Waals surface area contributed by atoms with Crippen LogP contribution in [-0.4, -0.2) is 28.9 Å². The number of nitrogens with zero attached hydrogens (tertiary/aromatic N) is 4. The van der Waals surface area contributed by atoms with E-state index in [4.69, 9.17) is 24.2 Å². The van der Waals surface area contributed by atoms with Crippen molar-refractivity contribution in [2.45, 2.75) is 45.6 Å². The minimum Gasteiger partial charge on any atom is -0.497 e. The molecule has 2 aromatic heterocycles. The summed E-state index contributed by atoms with van der Waals surface area (Å²) in [6.45, 7) is 11.0. The van der Waals surface area contributed by atoms with E-state index in [1.807, 2.05) is 36.7 Å². The van der Waals surface area contributed by atoms with E-state index in [1.54, 1.807) is 13.4 Å². The van der Waals surface area contributed by atoms with Crippen LogP contribution in [0.2, 0.25) is 0 Å². The normalized spacial score (nSPS) is 13.7. The van der Waals surface area contributed by atoms with E-state index in [-0.39, 0.29) is 12.2 Å². The molecule has 164 valence electrons. The molecule has 0 unspecified atom stereocenters. The zero-order valence-corrected chi connectivity index (χ0v) is 19.3. The van der Waals surface area contributed by atoms with Gasteiger partial charge in [-0.15, -0.1) is 0 Å². The van der Waals surface area contributed by atoms with Gasteiger partial charge >= 0.3 is 0 Å². The molecule has 0 atom stereocenters. The average molecular weight is 432 g/mol. The predicted octanol–water partition coefficient (Wildman–Crippen LogP) is 4.28. The van der Waals surface area contributed by atoms with Crippen molar-refractivity contribution in [3.8, 4) is 17.2 Å². The number of ether oxygens (including phenoxy) is 3. The molecule has 2 aromatic carbocycles. The van der Waals surface area contributed by atoms with Crippen molar-refractivity contribution in [2.24, 2.45) is 0 Å². The van der Waals surface area contributed by atoms with E-state index in [0.717, 1.165) is 50.4 Å². The van der Waals surface area contributed by atoms with Gasteiger partial charge in [0.25, 0.3) is 6.33 Å². The average Bonchev–Trinajstić information content (AvgIpc) is 3.22. The Morgan fingerprint density at radius 2 is 1.62 bits per heavy atom. The summed E-state index contributed by atoms with van der Waals surface area (Å²) in [4.78, 5) is 14.1. The topological polar surface area (TPSA) is 70.2 Å². The van der Waals surface area contributed by atoms with Crippen LogP contribution in [0.3, 0.4) is 0 Å². The molecule has 0 aliphatic carbocycles. The Labute approximate surface area is 187 Å². The highest BCUT2D eigenvalue weighted by atomic mass is 16.7. The Morgan fingerprint density at radius 1 is 0.875 bits per heavy atom. The highest BCUT2D eigenvalue weighted by Crippen LogP contribution is 2.39. The fraction of sp³-hybridized carbons (Fsp3) is 0.360. The van der Waals surface area contributed by atoms with Crippen molar-refractivity contribution in [1.82, 2.24) is 15.0 Å². The quantitative estimate of drug-likeness (QED) is 0.451. The van der Waals surface area contributed by atoms with Gasteiger partial charge in [0.2, 0.25) is 6.79 Å². The number of hydrogen-bond donors (Lipinski definition) is 0. The van der Waals surface area contributed by atoms with Crippen LogP contribution in [-0.2, 0) is 11.0 Å². The van der Waals surface area contributed by atoms with E-state index in [1.165, 1.54) is 0 Å². The zero-order chi connectivity index (χ0) is 22.7. The molecule has 0 saturated heterocycles. The summed E-state index contributed by atoms with van der Waals surface area (Å²) in [7, 11) is 1.65.